The van der Waals surface area contributed by atoms with E-state index in [1.807, 2.05) is 19.4 Å². The highest BCUT2D eigenvalue weighted by Crippen LogP contribution is 2.01. The van der Waals surface area contributed by atoms with Gasteiger partial charge < -0.3 is 9.88 Å². The van der Waals surface area contributed by atoms with Gasteiger partial charge in [0.1, 0.15) is 5.82 Å². The lowest BCUT2D eigenvalue weighted by atomic mass is 10.1. The minimum absolute atomic E-state index is 0.676. The maximum absolute atomic E-state index is 4.31. The van der Waals surface area contributed by atoms with Crippen molar-refractivity contribution < 1.29 is 0 Å². The fourth-order valence-electron chi connectivity index (χ4n) is 1.82. The molecule has 15 heavy (non-hydrogen) atoms. The first-order valence-corrected chi connectivity index (χ1v) is 5.97. The summed E-state index contributed by atoms with van der Waals surface area (Å²) in [5.74, 6) is 1.16. The number of hydrogen-bond acceptors (Lipinski definition) is 2. The molecule has 1 rings (SSSR count). The summed E-state index contributed by atoms with van der Waals surface area (Å²) in [5.41, 5.74) is 0. The molecule has 0 bridgehead atoms. The van der Waals surface area contributed by atoms with Gasteiger partial charge in [0, 0.05) is 38.4 Å². The number of hydrogen-bond donors (Lipinski definition) is 1. The third-order valence-electron chi connectivity index (χ3n) is 2.83. The van der Waals surface area contributed by atoms with Gasteiger partial charge in [-0.15, -0.1) is 0 Å². The van der Waals surface area contributed by atoms with Crippen LogP contribution >= 0.6 is 0 Å². The molecule has 1 N–H and O–H groups in total. The predicted octanol–water partition coefficient (Wildman–Crippen LogP) is 2.13. The minimum atomic E-state index is 0.676. The molecule has 1 aromatic rings. The smallest absolute Gasteiger partial charge is 0.109 e. The number of imidazole rings is 1. The third kappa shape index (κ3) is 4.04. The Bertz CT molecular complexity index is 268. The average Bonchev–Trinajstić information content (AvgIpc) is 2.63. The van der Waals surface area contributed by atoms with Crippen LogP contribution in [0.3, 0.4) is 0 Å². The number of nitrogens with one attached hydrogen (secondary N) is 1. The molecule has 3 heteroatoms. The molecule has 0 spiro atoms. The van der Waals surface area contributed by atoms with E-state index in [1.54, 1.807) is 0 Å². The van der Waals surface area contributed by atoms with E-state index < -0.39 is 0 Å². The first-order chi connectivity index (χ1) is 7.27. The minimum Gasteiger partial charge on any atom is -0.338 e. The monoisotopic (exact) mass is 209 g/mol. The van der Waals surface area contributed by atoms with E-state index >= 15 is 0 Å². The van der Waals surface area contributed by atoms with E-state index in [-0.39, 0.29) is 0 Å². The Hall–Kier alpha value is -0.830. The van der Waals surface area contributed by atoms with Crippen molar-refractivity contribution in [2.45, 2.75) is 45.6 Å². The second kappa shape index (κ2) is 6.62. The van der Waals surface area contributed by atoms with Crippen LogP contribution in [0.2, 0.25) is 0 Å². The Balaban J connectivity index is 2.23. The predicted molar refractivity (Wildman–Crippen MR) is 63.9 cm³/mol. The van der Waals surface area contributed by atoms with Gasteiger partial charge in [-0.25, -0.2) is 4.98 Å². The Morgan fingerprint density at radius 2 is 2.27 bits per heavy atom. The van der Waals surface area contributed by atoms with Gasteiger partial charge in [-0.05, 0) is 12.8 Å². The zero-order chi connectivity index (χ0) is 11.1. The maximum atomic E-state index is 4.31. The van der Waals surface area contributed by atoms with Gasteiger partial charge in [0.05, 0.1) is 0 Å². The summed E-state index contributed by atoms with van der Waals surface area (Å²) < 4.78 is 2.09. The summed E-state index contributed by atoms with van der Waals surface area (Å²) in [4.78, 5) is 4.31. The van der Waals surface area contributed by atoms with E-state index in [1.165, 1.54) is 19.3 Å². The molecule has 86 valence electrons. The molecule has 0 saturated carbocycles. The summed E-state index contributed by atoms with van der Waals surface area (Å²) in [6, 6.07) is 0.676. The summed E-state index contributed by atoms with van der Waals surface area (Å²) in [5, 5.41) is 3.58. The Kier molecular flexibility index (Phi) is 5.40. The standard InChI is InChI=1S/C12H23N3/c1-4-6-11(5-2)13-8-7-12-14-9-10-15(12)3/h9-11,13H,4-8H2,1-3H3. The van der Waals surface area contributed by atoms with Crippen LogP contribution in [-0.2, 0) is 13.5 Å². The SMILES string of the molecule is CCCC(CC)NCCc1nccn1C. The highest BCUT2D eigenvalue weighted by atomic mass is 15.0. The lowest BCUT2D eigenvalue weighted by Gasteiger charge is -2.15. The average molecular weight is 209 g/mol. The van der Waals surface area contributed by atoms with Gasteiger partial charge >= 0.3 is 0 Å². The second-order valence-electron chi connectivity index (χ2n) is 4.05. The number of rotatable bonds is 7. The van der Waals surface area contributed by atoms with Gasteiger partial charge in [-0.1, -0.05) is 20.3 Å². The molecule has 1 unspecified atom stereocenters. The van der Waals surface area contributed by atoms with Crippen LogP contribution in [0.4, 0.5) is 0 Å². The highest BCUT2D eigenvalue weighted by Gasteiger charge is 2.04. The van der Waals surface area contributed by atoms with Gasteiger partial charge in [0.2, 0.25) is 0 Å². The van der Waals surface area contributed by atoms with Gasteiger partial charge in [0.15, 0.2) is 0 Å². The highest BCUT2D eigenvalue weighted by molar-refractivity contribution is 4.91. The van der Waals surface area contributed by atoms with E-state index in [0.29, 0.717) is 6.04 Å². The molecular weight excluding hydrogens is 186 g/mol. The maximum Gasteiger partial charge on any atom is 0.109 e. The van der Waals surface area contributed by atoms with Crippen molar-refractivity contribution in [1.29, 1.82) is 0 Å². The van der Waals surface area contributed by atoms with Crippen LogP contribution in [0.25, 0.3) is 0 Å². The summed E-state index contributed by atoms with van der Waals surface area (Å²) in [6.07, 6.45) is 8.63. The zero-order valence-corrected chi connectivity index (χ0v) is 10.2. The van der Waals surface area contributed by atoms with Crippen molar-refractivity contribution in [1.82, 2.24) is 14.9 Å². The van der Waals surface area contributed by atoms with E-state index in [0.717, 1.165) is 18.8 Å². The lowest BCUT2D eigenvalue weighted by Crippen LogP contribution is -2.30. The van der Waals surface area contributed by atoms with Crippen molar-refractivity contribution in [3.63, 3.8) is 0 Å². The van der Waals surface area contributed by atoms with Crippen LogP contribution < -0.4 is 5.32 Å². The third-order valence-corrected chi connectivity index (χ3v) is 2.83. The number of nitrogens with zero attached hydrogens (tertiary/aromatic N) is 2. The van der Waals surface area contributed by atoms with Gasteiger partial charge in [-0.3, -0.25) is 0 Å². The molecule has 1 atom stereocenters. The molecule has 3 nitrogen and oxygen atoms in total. The van der Waals surface area contributed by atoms with Crippen LogP contribution in [0.1, 0.15) is 38.9 Å². The normalized spacial score (nSPS) is 13.0. The lowest BCUT2D eigenvalue weighted by molar-refractivity contribution is 0.463. The number of aromatic nitrogens is 2. The topological polar surface area (TPSA) is 29.9 Å². The molecule has 1 heterocycles. The molecule has 0 radical (unpaired) electrons. The Morgan fingerprint density at radius 3 is 2.80 bits per heavy atom. The van der Waals surface area contributed by atoms with Crippen LogP contribution in [0.15, 0.2) is 12.4 Å². The molecule has 1 aromatic heterocycles. The van der Waals surface area contributed by atoms with Crippen molar-refractivity contribution in [3.8, 4) is 0 Å². The Labute approximate surface area is 92.9 Å². The van der Waals surface area contributed by atoms with Crippen LogP contribution in [0.5, 0.6) is 0 Å². The molecule has 0 aliphatic heterocycles. The zero-order valence-electron chi connectivity index (χ0n) is 10.2. The summed E-state index contributed by atoms with van der Waals surface area (Å²) >= 11 is 0. The van der Waals surface area contributed by atoms with Gasteiger partial charge in [0.25, 0.3) is 0 Å². The van der Waals surface area contributed by atoms with E-state index in [4.69, 9.17) is 0 Å². The van der Waals surface area contributed by atoms with Crippen LogP contribution in [-0.4, -0.2) is 22.1 Å². The fourth-order valence-corrected chi connectivity index (χ4v) is 1.82. The molecule has 0 aromatic carbocycles. The molecule has 0 aliphatic carbocycles. The van der Waals surface area contributed by atoms with E-state index in [9.17, 15) is 0 Å². The first-order valence-electron chi connectivity index (χ1n) is 5.97. The molecule has 0 amide bonds. The fraction of sp³-hybridized carbons (Fsp3) is 0.750. The van der Waals surface area contributed by atoms with Crippen molar-refractivity contribution in [3.05, 3.63) is 18.2 Å². The molecular formula is C12H23N3. The first kappa shape index (κ1) is 12.2. The van der Waals surface area contributed by atoms with Crippen molar-refractivity contribution >= 4 is 0 Å². The summed E-state index contributed by atoms with van der Waals surface area (Å²) in [6.45, 7) is 5.51. The molecule has 0 saturated heterocycles. The quantitative estimate of drug-likeness (QED) is 0.745. The van der Waals surface area contributed by atoms with Crippen molar-refractivity contribution in [2.75, 3.05) is 6.54 Å². The number of aryl methyl sites for hydroxylation is 1. The Morgan fingerprint density at radius 1 is 1.47 bits per heavy atom. The largest absolute Gasteiger partial charge is 0.338 e. The van der Waals surface area contributed by atoms with Gasteiger partial charge in [-0.2, -0.15) is 0 Å². The van der Waals surface area contributed by atoms with Crippen molar-refractivity contribution in [2.24, 2.45) is 7.05 Å². The van der Waals surface area contributed by atoms with Crippen LogP contribution in [0, 0.1) is 0 Å². The second-order valence-corrected chi connectivity index (χ2v) is 4.05. The molecule has 0 fully saturated rings. The molecule has 0 aliphatic rings. The van der Waals surface area contributed by atoms with E-state index in [2.05, 4.69) is 28.7 Å². The summed E-state index contributed by atoms with van der Waals surface area (Å²) in [7, 11) is 2.05.